The summed E-state index contributed by atoms with van der Waals surface area (Å²) in [7, 11) is -4.18. The van der Waals surface area contributed by atoms with E-state index in [1.165, 1.54) is 49.4 Å². The second-order valence-corrected chi connectivity index (χ2v) is 10.9. The summed E-state index contributed by atoms with van der Waals surface area (Å²) in [6.45, 7) is 13.3. The Hall–Kier alpha value is -4.50. The number of anilines is 1. The fourth-order valence-electron chi connectivity index (χ4n) is 4.15. The fourth-order valence-corrected chi connectivity index (χ4v) is 5.35. The normalized spacial score (nSPS) is 12.2. The third-order valence-corrected chi connectivity index (χ3v) is 7.95. The lowest BCUT2D eigenvalue weighted by Crippen LogP contribution is -2.24. The lowest BCUT2D eigenvalue weighted by Gasteiger charge is -2.19. The molecule has 3 aromatic rings. The summed E-state index contributed by atoms with van der Waals surface area (Å²) in [5, 5.41) is 28.3. The van der Waals surface area contributed by atoms with Gasteiger partial charge in [-0.15, -0.1) is 10.2 Å². The van der Waals surface area contributed by atoms with Crippen molar-refractivity contribution in [2.24, 2.45) is 16.1 Å². The maximum absolute atomic E-state index is 13.2. The monoisotopic (exact) mass is 565 g/mol. The molecule has 0 radical (unpaired) electrons. The van der Waals surface area contributed by atoms with Crippen molar-refractivity contribution in [3.05, 3.63) is 81.4 Å². The number of carbonyl (C=O) groups is 1. The number of unbranched alkanes of at least 4 members (excludes halogenated alkanes) is 1. The average Bonchev–Trinajstić information content (AvgIpc) is 2.93. The second-order valence-electron chi connectivity index (χ2n) is 9.25. The van der Waals surface area contributed by atoms with Crippen molar-refractivity contribution in [3.63, 3.8) is 0 Å². The highest BCUT2D eigenvalue weighted by Crippen LogP contribution is 2.37. The van der Waals surface area contributed by atoms with Gasteiger partial charge in [0.15, 0.2) is 0 Å². The summed E-state index contributed by atoms with van der Waals surface area (Å²) in [4.78, 5) is 27.2. The summed E-state index contributed by atoms with van der Waals surface area (Å²) in [6, 6.07) is 11.0. The molecule has 0 bridgehead atoms. The predicted molar refractivity (Wildman–Crippen MR) is 151 cm³/mol. The van der Waals surface area contributed by atoms with Crippen LogP contribution in [0.1, 0.15) is 55.5 Å². The number of carboxylic acids is 1. The molecule has 0 aliphatic carbocycles. The number of azo groups is 1. The molecule has 2 aromatic carbocycles. The molecular weight excluding hydrogens is 534 g/mol. The summed E-state index contributed by atoms with van der Waals surface area (Å²) in [5.41, 5.74) is -0.663. The van der Waals surface area contributed by atoms with Crippen LogP contribution in [0.25, 0.3) is 4.85 Å². The molecule has 11 nitrogen and oxygen atoms in total. The van der Waals surface area contributed by atoms with E-state index in [1.807, 2.05) is 6.92 Å². The van der Waals surface area contributed by atoms with Gasteiger partial charge in [-0.05, 0) is 61.2 Å². The zero-order chi connectivity index (χ0) is 29.4. The largest absolute Gasteiger partial charge is 0.493 e. The van der Waals surface area contributed by atoms with Crippen LogP contribution in [0, 0.1) is 19.4 Å². The molecule has 0 saturated heterocycles. The SMILES string of the molecule is [C-]#[N+]c1c(C)c(/N=N/c2ccccc2S(=O)(=O)Nc2ccc(C(=O)O)cc2)c(O)n(CC(CC)CCCC)c1=O. The third-order valence-electron chi connectivity index (χ3n) is 6.52. The number of hydrogen-bond donors (Lipinski definition) is 3. The highest BCUT2D eigenvalue weighted by molar-refractivity contribution is 7.92. The Labute approximate surface area is 232 Å². The maximum Gasteiger partial charge on any atom is 0.335 e. The molecule has 0 aliphatic heterocycles. The van der Waals surface area contributed by atoms with E-state index in [0.717, 1.165) is 30.3 Å². The standard InChI is InChI=1S/C28H31N5O6S/c1-5-7-10-19(6-2)17-33-26(34)24(29-4)18(3)25(27(33)35)31-30-22-11-8-9-12-23(22)40(38,39)32-21-15-13-20(14-16-21)28(36)37/h8-9,11-16,19,32,35H,5-7,10,17H2,1-3H3,(H,36,37)/b31-30+. The van der Waals surface area contributed by atoms with Crippen LogP contribution in [0.3, 0.4) is 0 Å². The van der Waals surface area contributed by atoms with Crippen molar-refractivity contribution in [1.82, 2.24) is 4.57 Å². The number of benzene rings is 2. The summed E-state index contributed by atoms with van der Waals surface area (Å²) in [6.07, 6.45) is 3.59. The van der Waals surface area contributed by atoms with Crippen molar-refractivity contribution in [2.75, 3.05) is 4.72 Å². The van der Waals surface area contributed by atoms with E-state index in [2.05, 4.69) is 26.7 Å². The first kappa shape index (κ1) is 30.0. The predicted octanol–water partition coefficient (Wildman–Crippen LogP) is 6.54. The van der Waals surface area contributed by atoms with Gasteiger partial charge in [0.05, 0.1) is 12.1 Å². The van der Waals surface area contributed by atoms with Crippen molar-refractivity contribution in [2.45, 2.75) is 57.9 Å². The van der Waals surface area contributed by atoms with Crippen LogP contribution in [0.15, 0.2) is 68.4 Å². The molecule has 40 heavy (non-hydrogen) atoms. The molecule has 0 saturated carbocycles. The highest BCUT2D eigenvalue weighted by atomic mass is 32.2. The first-order valence-corrected chi connectivity index (χ1v) is 14.2. The molecular formula is C28H31N5O6S. The van der Waals surface area contributed by atoms with E-state index in [9.17, 15) is 23.1 Å². The Morgan fingerprint density at radius 2 is 1.80 bits per heavy atom. The number of sulfonamides is 1. The molecule has 0 fully saturated rings. The van der Waals surface area contributed by atoms with Crippen molar-refractivity contribution < 1.29 is 23.4 Å². The van der Waals surface area contributed by atoms with Gasteiger partial charge >= 0.3 is 5.97 Å². The first-order chi connectivity index (χ1) is 19.0. The van der Waals surface area contributed by atoms with E-state index >= 15 is 0 Å². The number of aromatic nitrogens is 1. The number of rotatable bonds is 12. The van der Waals surface area contributed by atoms with E-state index in [0.29, 0.717) is 0 Å². The topological polar surface area (TPSA) is 155 Å². The van der Waals surface area contributed by atoms with Crippen LogP contribution < -0.4 is 10.3 Å². The van der Waals surface area contributed by atoms with Crippen LogP contribution in [0.2, 0.25) is 0 Å². The van der Waals surface area contributed by atoms with Crippen LogP contribution in [0.5, 0.6) is 5.88 Å². The molecule has 3 N–H and O–H groups in total. The number of pyridine rings is 1. The van der Waals surface area contributed by atoms with Crippen LogP contribution in [-0.4, -0.2) is 29.2 Å². The second kappa shape index (κ2) is 13.0. The number of nitrogens with one attached hydrogen (secondary N) is 1. The maximum atomic E-state index is 13.2. The molecule has 12 heteroatoms. The first-order valence-electron chi connectivity index (χ1n) is 12.7. The quantitative estimate of drug-likeness (QED) is 0.167. The van der Waals surface area contributed by atoms with E-state index in [4.69, 9.17) is 11.7 Å². The van der Waals surface area contributed by atoms with Gasteiger partial charge in [0, 0.05) is 12.2 Å². The van der Waals surface area contributed by atoms with Gasteiger partial charge in [-0.3, -0.25) is 14.1 Å². The minimum Gasteiger partial charge on any atom is -0.493 e. The Bertz CT molecular complexity index is 1620. The molecule has 1 aromatic heterocycles. The van der Waals surface area contributed by atoms with Gasteiger partial charge in [-0.25, -0.2) is 18.1 Å². The fraction of sp³-hybridized carbons (Fsp3) is 0.321. The van der Waals surface area contributed by atoms with Gasteiger partial charge in [-0.2, -0.15) is 0 Å². The Balaban J connectivity index is 2.02. The van der Waals surface area contributed by atoms with Gasteiger partial charge in [-0.1, -0.05) is 45.2 Å². The Morgan fingerprint density at radius 3 is 2.40 bits per heavy atom. The molecule has 0 spiro atoms. The number of aromatic carboxylic acids is 1. The van der Waals surface area contributed by atoms with Gasteiger partial charge < -0.3 is 10.2 Å². The lowest BCUT2D eigenvalue weighted by molar-refractivity contribution is 0.0697. The van der Waals surface area contributed by atoms with Crippen molar-refractivity contribution >= 4 is 38.7 Å². The highest BCUT2D eigenvalue weighted by Gasteiger charge is 2.23. The van der Waals surface area contributed by atoms with Crippen LogP contribution in [0.4, 0.5) is 22.7 Å². The van der Waals surface area contributed by atoms with Gasteiger partial charge in [0.2, 0.25) is 5.88 Å². The lowest BCUT2D eigenvalue weighted by atomic mass is 9.99. The van der Waals surface area contributed by atoms with E-state index < -0.39 is 27.4 Å². The number of carboxylic acid groups (broad SMARTS) is 1. The molecule has 1 atom stereocenters. The smallest absolute Gasteiger partial charge is 0.335 e. The summed E-state index contributed by atoms with van der Waals surface area (Å²) < 4.78 is 29.9. The minimum atomic E-state index is -4.18. The van der Waals surface area contributed by atoms with Crippen LogP contribution in [-0.2, 0) is 16.6 Å². The number of hydrogen-bond acceptors (Lipinski definition) is 7. The minimum absolute atomic E-state index is 0.00284. The summed E-state index contributed by atoms with van der Waals surface area (Å²) in [5.74, 6) is -1.47. The van der Waals surface area contributed by atoms with Crippen molar-refractivity contribution in [1.29, 1.82) is 0 Å². The molecule has 210 valence electrons. The van der Waals surface area contributed by atoms with Gasteiger partial charge in [0.1, 0.15) is 16.3 Å². The molecule has 1 heterocycles. The average molecular weight is 566 g/mol. The zero-order valence-electron chi connectivity index (χ0n) is 22.5. The third kappa shape index (κ3) is 6.73. The molecule has 0 aliphatic rings. The Morgan fingerprint density at radius 1 is 1.12 bits per heavy atom. The molecule has 0 amide bonds. The van der Waals surface area contributed by atoms with E-state index in [-0.39, 0.29) is 51.2 Å². The van der Waals surface area contributed by atoms with Crippen LogP contribution >= 0.6 is 0 Å². The number of aromatic hydroxyl groups is 1. The van der Waals surface area contributed by atoms with E-state index in [1.54, 1.807) is 6.07 Å². The Kier molecular flexibility index (Phi) is 9.79. The number of nitrogens with zero attached hydrogens (tertiary/aromatic N) is 4. The summed E-state index contributed by atoms with van der Waals surface area (Å²) >= 11 is 0. The van der Waals surface area contributed by atoms with Gasteiger partial charge in [0.25, 0.3) is 21.3 Å². The zero-order valence-corrected chi connectivity index (χ0v) is 23.3. The molecule has 3 rings (SSSR count). The van der Waals surface area contributed by atoms with Crippen molar-refractivity contribution in [3.8, 4) is 5.88 Å². The molecule has 1 unspecified atom stereocenters.